The molecule has 0 bridgehead atoms. The number of carbonyl (C=O) groups excluding carboxylic acids is 2. The van der Waals surface area contributed by atoms with Crippen LogP contribution in [0.4, 0.5) is 5.69 Å². The molecule has 2 amide bonds. The number of rotatable bonds is 7. The number of para-hydroxylation sites is 1. The number of halogens is 1. The van der Waals surface area contributed by atoms with E-state index in [9.17, 15) is 9.59 Å². The number of nitrogens with zero attached hydrogens (tertiary/aromatic N) is 1. The molecule has 0 aliphatic carbocycles. The molecule has 0 fully saturated rings. The number of anilines is 1. The van der Waals surface area contributed by atoms with Crippen molar-refractivity contribution in [2.75, 3.05) is 32.3 Å². The fourth-order valence-electron chi connectivity index (χ4n) is 2.35. The molecule has 0 saturated carbocycles. The summed E-state index contributed by atoms with van der Waals surface area (Å²) in [6.07, 6.45) is 5.04. The van der Waals surface area contributed by atoms with Gasteiger partial charge in [-0.15, -0.1) is 11.8 Å². The average molecular weight is 449 g/mol. The molecule has 2 aromatic carbocycles. The van der Waals surface area contributed by atoms with Gasteiger partial charge in [0.25, 0.3) is 0 Å². The minimum absolute atomic E-state index is 0.0402. The van der Waals surface area contributed by atoms with Gasteiger partial charge in [0.05, 0.1) is 19.3 Å². The Bertz CT molecular complexity index is 855. The monoisotopic (exact) mass is 448 g/mol. The van der Waals surface area contributed by atoms with Crippen LogP contribution in [-0.4, -0.2) is 43.7 Å². The maximum absolute atomic E-state index is 12.3. The number of carbonyl (C=O) groups is 2. The number of hydrogen-bond acceptors (Lipinski definition) is 4. The quantitative estimate of drug-likeness (QED) is 0.506. The van der Waals surface area contributed by atoms with Gasteiger partial charge in [-0.3, -0.25) is 9.59 Å². The molecule has 1 N–H and O–H groups in total. The highest BCUT2D eigenvalue weighted by Crippen LogP contribution is 2.25. The van der Waals surface area contributed by atoms with Crippen LogP contribution < -0.4 is 10.1 Å². The summed E-state index contributed by atoms with van der Waals surface area (Å²) in [4.78, 5) is 26.9. The van der Waals surface area contributed by atoms with Gasteiger partial charge in [-0.05, 0) is 42.7 Å². The van der Waals surface area contributed by atoms with Gasteiger partial charge in [0.15, 0.2) is 0 Å². The lowest BCUT2D eigenvalue weighted by Crippen LogP contribution is -2.33. The third-order valence-corrected chi connectivity index (χ3v) is 5.02. The molecule has 0 unspecified atom stereocenters. The van der Waals surface area contributed by atoms with E-state index in [1.54, 1.807) is 32.0 Å². The van der Waals surface area contributed by atoms with Gasteiger partial charge in [-0.2, -0.15) is 0 Å². The van der Waals surface area contributed by atoms with Gasteiger partial charge in [0.2, 0.25) is 11.8 Å². The standard InChI is InChI=1S/C20H21BrN2O3S/c1-23(13-19(24)22-16-6-4-5-7-18(16)27-3)20(25)11-8-14-12-15(21)9-10-17(14)26-2/h4-12H,13H2,1-3H3,(H,22,24). The molecule has 2 rings (SSSR count). The summed E-state index contributed by atoms with van der Waals surface area (Å²) >= 11 is 4.95. The molecular weight excluding hydrogens is 428 g/mol. The van der Waals surface area contributed by atoms with Crippen molar-refractivity contribution in [3.63, 3.8) is 0 Å². The number of nitrogens with one attached hydrogen (secondary N) is 1. The Morgan fingerprint density at radius 1 is 1.26 bits per heavy atom. The van der Waals surface area contributed by atoms with Crippen LogP contribution in [0, 0.1) is 0 Å². The number of thioether (sulfide) groups is 1. The fourth-order valence-corrected chi connectivity index (χ4v) is 3.29. The van der Waals surface area contributed by atoms with Crippen LogP contribution in [0.1, 0.15) is 5.56 Å². The number of hydrogen-bond donors (Lipinski definition) is 1. The molecule has 7 heteroatoms. The molecule has 0 saturated heterocycles. The predicted octanol–water partition coefficient (Wildman–Crippen LogP) is 4.29. The SMILES string of the molecule is COc1ccc(Br)cc1C=CC(=O)N(C)CC(=O)Nc1ccccc1SC. The highest BCUT2D eigenvalue weighted by Gasteiger charge is 2.12. The van der Waals surface area contributed by atoms with Crippen molar-refractivity contribution in [3.05, 3.63) is 58.6 Å². The molecule has 0 heterocycles. The Kier molecular flexibility index (Phi) is 7.94. The van der Waals surface area contributed by atoms with Crippen molar-refractivity contribution in [1.29, 1.82) is 0 Å². The first-order valence-corrected chi connectivity index (χ1v) is 10.2. The average Bonchev–Trinajstić information content (AvgIpc) is 2.66. The van der Waals surface area contributed by atoms with Gasteiger partial charge in [-0.1, -0.05) is 28.1 Å². The van der Waals surface area contributed by atoms with Gasteiger partial charge < -0.3 is 15.0 Å². The maximum atomic E-state index is 12.3. The van der Waals surface area contributed by atoms with Crippen molar-refractivity contribution in [2.45, 2.75) is 4.90 Å². The Hall–Kier alpha value is -2.25. The molecule has 5 nitrogen and oxygen atoms in total. The second-order valence-electron chi connectivity index (χ2n) is 5.66. The van der Waals surface area contributed by atoms with E-state index in [1.165, 1.54) is 11.0 Å². The van der Waals surface area contributed by atoms with Crippen molar-refractivity contribution >= 4 is 51.3 Å². The predicted molar refractivity (Wildman–Crippen MR) is 114 cm³/mol. The van der Waals surface area contributed by atoms with E-state index < -0.39 is 0 Å². The molecule has 0 atom stereocenters. The van der Waals surface area contributed by atoms with E-state index in [1.807, 2.05) is 48.7 Å². The number of methoxy groups -OCH3 is 1. The Balaban J connectivity index is 1.99. The molecule has 0 radical (unpaired) electrons. The first-order valence-electron chi connectivity index (χ1n) is 8.14. The van der Waals surface area contributed by atoms with Gasteiger partial charge >= 0.3 is 0 Å². The maximum Gasteiger partial charge on any atom is 0.246 e. The molecule has 0 aliphatic rings. The molecule has 2 aromatic rings. The normalized spacial score (nSPS) is 10.7. The third kappa shape index (κ3) is 6.15. The van der Waals surface area contributed by atoms with Crippen LogP contribution in [0.5, 0.6) is 5.75 Å². The number of benzene rings is 2. The Morgan fingerprint density at radius 3 is 2.70 bits per heavy atom. The highest BCUT2D eigenvalue weighted by molar-refractivity contribution is 9.10. The first kappa shape index (κ1) is 21.1. The zero-order valence-corrected chi connectivity index (χ0v) is 17.8. The van der Waals surface area contributed by atoms with Gasteiger partial charge in [0, 0.05) is 28.1 Å². The first-order chi connectivity index (χ1) is 12.9. The van der Waals surface area contributed by atoms with Crippen LogP contribution in [0.2, 0.25) is 0 Å². The lowest BCUT2D eigenvalue weighted by molar-refractivity contribution is -0.129. The minimum Gasteiger partial charge on any atom is -0.496 e. The van der Waals surface area contributed by atoms with Crippen LogP contribution in [0.15, 0.2) is 57.9 Å². The topological polar surface area (TPSA) is 58.6 Å². The summed E-state index contributed by atoms with van der Waals surface area (Å²) < 4.78 is 6.17. The van der Waals surface area contributed by atoms with Crippen LogP contribution in [0.25, 0.3) is 6.08 Å². The molecule has 0 aliphatic heterocycles. The number of likely N-dealkylation sites (N-methyl/N-ethyl adjacent to an activating group) is 1. The van der Waals surface area contributed by atoms with Crippen LogP contribution in [-0.2, 0) is 9.59 Å². The summed E-state index contributed by atoms with van der Waals surface area (Å²) in [5, 5.41) is 2.84. The smallest absolute Gasteiger partial charge is 0.246 e. The van der Waals surface area contributed by atoms with Crippen molar-refractivity contribution in [1.82, 2.24) is 4.90 Å². The zero-order chi connectivity index (χ0) is 19.8. The Morgan fingerprint density at radius 2 is 2.00 bits per heavy atom. The second-order valence-corrected chi connectivity index (χ2v) is 7.43. The van der Waals surface area contributed by atoms with Gasteiger partial charge in [-0.25, -0.2) is 0 Å². The van der Waals surface area contributed by atoms with Crippen molar-refractivity contribution < 1.29 is 14.3 Å². The van der Waals surface area contributed by atoms with E-state index in [0.717, 1.165) is 20.6 Å². The van der Waals surface area contributed by atoms with Crippen LogP contribution in [0.3, 0.4) is 0 Å². The minimum atomic E-state index is -0.273. The summed E-state index contributed by atoms with van der Waals surface area (Å²) in [6, 6.07) is 13.1. The van der Waals surface area contributed by atoms with Gasteiger partial charge in [0.1, 0.15) is 5.75 Å². The van der Waals surface area contributed by atoms with Crippen molar-refractivity contribution in [2.24, 2.45) is 0 Å². The van der Waals surface area contributed by atoms with E-state index in [4.69, 9.17) is 4.74 Å². The third-order valence-electron chi connectivity index (χ3n) is 3.74. The van der Waals surface area contributed by atoms with E-state index in [-0.39, 0.29) is 18.4 Å². The second kappa shape index (κ2) is 10.2. The summed E-state index contributed by atoms with van der Waals surface area (Å²) in [5.41, 5.74) is 1.51. The molecule has 0 spiro atoms. The molecule has 27 heavy (non-hydrogen) atoms. The zero-order valence-electron chi connectivity index (χ0n) is 15.4. The van der Waals surface area contributed by atoms with E-state index >= 15 is 0 Å². The summed E-state index contributed by atoms with van der Waals surface area (Å²) in [7, 11) is 3.16. The lowest BCUT2D eigenvalue weighted by atomic mass is 10.2. The largest absolute Gasteiger partial charge is 0.496 e. The summed E-state index contributed by atoms with van der Waals surface area (Å²) in [5.74, 6) is 0.141. The van der Waals surface area contributed by atoms with Crippen LogP contribution >= 0.6 is 27.7 Å². The molecule has 0 aromatic heterocycles. The molecule has 142 valence electrons. The fraction of sp³-hybridized carbons (Fsp3) is 0.200. The molecular formula is C20H21BrN2O3S. The highest BCUT2D eigenvalue weighted by atomic mass is 79.9. The number of amides is 2. The summed E-state index contributed by atoms with van der Waals surface area (Å²) in [6.45, 7) is -0.0402. The van der Waals surface area contributed by atoms with E-state index in [0.29, 0.717) is 5.75 Å². The lowest BCUT2D eigenvalue weighted by Gasteiger charge is -2.16. The number of ether oxygens (including phenoxy) is 1. The van der Waals surface area contributed by atoms with E-state index in [2.05, 4.69) is 21.2 Å². The Labute approximate surface area is 171 Å². The van der Waals surface area contributed by atoms with Crippen molar-refractivity contribution in [3.8, 4) is 5.75 Å².